The first-order chi connectivity index (χ1) is 16.8. The van der Waals surface area contributed by atoms with Gasteiger partial charge in [-0.25, -0.2) is 18.7 Å². The van der Waals surface area contributed by atoms with Crippen LogP contribution in [0.15, 0.2) is 61.1 Å². The molecule has 35 heavy (non-hydrogen) atoms. The van der Waals surface area contributed by atoms with E-state index in [4.69, 9.17) is 9.72 Å². The number of aliphatic hydroxyl groups is 1. The SMILES string of the molecule is COc1ccc(-c2cn(SI)c3ncc(-c4ccc(CN5CC(O)CC(F)(F)C5)cc4)cc23)cn1. The first-order valence-corrected chi connectivity index (χ1v) is 14.3. The van der Waals surface area contributed by atoms with Gasteiger partial charge < -0.3 is 9.84 Å². The summed E-state index contributed by atoms with van der Waals surface area (Å²) in [4.78, 5) is 10.7. The van der Waals surface area contributed by atoms with Gasteiger partial charge in [-0.15, -0.1) is 0 Å². The number of β-amino-alcohol motifs (C(OH)–C–C–N with tert-alkyl or cyclic N) is 1. The molecule has 5 rings (SSSR count). The predicted octanol–water partition coefficient (Wildman–Crippen LogP) is 5.82. The topological polar surface area (TPSA) is 63.4 Å². The number of rotatable bonds is 6. The first-order valence-electron chi connectivity index (χ1n) is 11.0. The second-order valence-corrected chi connectivity index (χ2v) is 10.4. The van der Waals surface area contributed by atoms with Gasteiger partial charge in [-0.05, 0) is 23.3 Å². The van der Waals surface area contributed by atoms with Gasteiger partial charge in [-0.1, -0.05) is 24.3 Å². The van der Waals surface area contributed by atoms with E-state index in [1.807, 2.05) is 52.8 Å². The van der Waals surface area contributed by atoms with E-state index in [1.165, 1.54) is 0 Å². The largest absolute Gasteiger partial charge is 0.481 e. The van der Waals surface area contributed by atoms with Crippen molar-refractivity contribution in [3.63, 3.8) is 0 Å². The molecule has 0 saturated carbocycles. The molecule has 6 nitrogen and oxygen atoms in total. The monoisotopic (exact) mass is 608 g/mol. The Bertz CT molecular complexity index is 1330. The van der Waals surface area contributed by atoms with Gasteiger partial charge in [-0.3, -0.25) is 8.87 Å². The van der Waals surface area contributed by atoms with Crippen LogP contribution in [-0.4, -0.2) is 56.2 Å². The normalized spacial score (nSPS) is 18.1. The number of halogens is 3. The Morgan fingerprint density at radius 2 is 1.86 bits per heavy atom. The Hall–Kier alpha value is -2.28. The van der Waals surface area contributed by atoms with E-state index in [2.05, 4.69) is 32.3 Å². The van der Waals surface area contributed by atoms with Gasteiger partial charge in [-0.2, -0.15) is 0 Å². The fraction of sp³-hybridized carbons (Fsp3) is 0.280. The Labute approximate surface area is 218 Å². The third kappa shape index (κ3) is 5.30. The van der Waals surface area contributed by atoms with Crippen LogP contribution in [0.4, 0.5) is 8.78 Å². The summed E-state index contributed by atoms with van der Waals surface area (Å²) >= 11 is 2.23. The zero-order chi connectivity index (χ0) is 24.6. The molecule has 182 valence electrons. The summed E-state index contributed by atoms with van der Waals surface area (Å²) in [5.41, 5.74) is 5.72. The van der Waals surface area contributed by atoms with Crippen molar-refractivity contribution < 1.29 is 18.6 Å². The maximum Gasteiger partial charge on any atom is 0.263 e. The van der Waals surface area contributed by atoms with Gasteiger partial charge in [0, 0.05) is 96.6 Å². The van der Waals surface area contributed by atoms with Gasteiger partial charge in [0.05, 0.1) is 19.8 Å². The molecule has 4 aromatic rings. The second-order valence-electron chi connectivity index (χ2n) is 8.70. The minimum atomic E-state index is -2.86. The second kappa shape index (κ2) is 10.00. The number of methoxy groups -OCH3 is 1. The summed E-state index contributed by atoms with van der Waals surface area (Å²) in [6.45, 7) is 0.294. The van der Waals surface area contributed by atoms with Crippen LogP contribution in [0.25, 0.3) is 33.3 Å². The van der Waals surface area contributed by atoms with Gasteiger partial charge in [0.1, 0.15) is 0 Å². The highest BCUT2D eigenvalue weighted by Crippen LogP contribution is 2.36. The minimum Gasteiger partial charge on any atom is -0.481 e. The molecular weight excluding hydrogens is 585 g/mol. The van der Waals surface area contributed by atoms with E-state index >= 15 is 0 Å². The van der Waals surface area contributed by atoms with Crippen LogP contribution >= 0.6 is 30.3 Å². The summed E-state index contributed by atoms with van der Waals surface area (Å²) in [5.74, 6) is -2.30. The molecule has 1 N–H and O–H groups in total. The van der Waals surface area contributed by atoms with Crippen LogP contribution in [0.1, 0.15) is 12.0 Å². The van der Waals surface area contributed by atoms with Gasteiger partial charge in [0.2, 0.25) is 5.88 Å². The highest BCUT2D eigenvalue weighted by molar-refractivity contribution is 14.2. The van der Waals surface area contributed by atoms with Crippen LogP contribution in [0.2, 0.25) is 0 Å². The summed E-state index contributed by atoms with van der Waals surface area (Å²) in [6.07, 6.45) is 4.22. The van der Waals surface area contributed by atoms with Crippen molar-refractivity contribution in [1.29, 1.82) is 0 Å². The van der Waals surface area contributed by atoms with Crippen LogP contribution in [0, 0.1) is 0 Å². The van der Waals surface area contributed by atoms with Gasteiger partial charge in [0.15, 0.2) is 5.65 Å². The number of piperidine rings is 1. The van der Waals surface area contributed by atoms with Gasteiger partial charge >= 0.3 is 0 Å². The van der Waals surface area contributed by atoms with Crippen LogP contribution in [-0.2, 0) is 6.54 Å². The van der Waals surface area contributed by atoms with E-state index in [1.54, 1.807) is 27.3 Å². The Morgan fingerprint density at radius 1 is 1.11 bits per heavy atom. The average molecular weight is 608 g/mol. The molecule has 0 aliphatic carbocycles. The molecule has 1 atom stereocenters. The van der Waals surface area contributed by atoms with Crippen molar-refractivity contribution in [2.75, 3.05) is 20.2 Å². The first kappa shape index (κ1) is 24.4. The molecule has 1 fully saturated rings. The van der Waals surface area contributed by atoms with Crippen LogP contribution in [0.3, 0.4) is 0 Å². The number of fused-ring (bicyclic) bond motifs is 1. The smallest absolute Gasteiger partial charge is 0.263 e. The molecule has 0 bridgehead atoms. The van der Waals surface area contributed by atoms with Crippen molar-refractivity contribution >= 4 is 41.4 Å². The number of hydrogen-bond acceptors (Lipinski definition) is 6. The lowest BCUT2D eigenvalue weighted by Gasteiger charge is -2.35. The minimum absolute atomic E-state index is 0.257. The molecule has 1 aliphatic heterocycles. The Morgan fingerprint density at radius 3 is 2.51 bits per heavy atom. The summed E-state index contributed by atoms with van der Waals surface area (Å²) in [6, 6.07) is 13.8. The van der Waals surface area contributed by atoms with Crippen LogP contribution in [0.5, 0.6) is 5.88 Å². The van der Waals surface area contributed by atoms with Crippen molar-refractivity contribution in [2.24, 2.45) is 0 Å². The Balaban J connectivity index is 1.42. The quantitative estimate of drug-likeness (QED) is 0.279. The fourth-order valence-corrected chi connectivity index (χ4v) is 5.78. The molecule has 10 heteroatoms. The number of benzene rings is 1. The molecule has 1 aliphatic rings. The number of aliphatic hydroxyl groups excluding tert-OH is 1. The van der Waals surface area contributed by atoms with Crippen molar-refractivity contribution in [1.82, 2.24) is 18.8 Å². The lowest BCUT2D eigenvalue weighted by molar-refractivity contribution is -0.109. The third-order valence-electron chi connectivity index (χ3n) is 6.09. The number of hydrogen-bond donors (Lipinski definition) is 1. The zero-order valence-electron chi connectivity index (χ0n) is 18.9. The molecular formula is C25H23F2IN4O2S. The molecule has 0 spiro atoms. The summed E-state index contributed by atoms with van der Waals surface area (Å²) in [7, 11) is 3.14. The predicted molar refractivity (Wildman–Crippen MR) is 143 cm³/mol. The number of pyridine rings is 2. The molecule has 0 amide bonds. The lowest BCUT2D eigenvalue weighted by atomic mass is 10.0. The molecule has 1 aromatic carbocycles. The standard InChI is InChI=1S/C25H23F2IN4O2S/c1-34-23-7-6-18(10-29-23)22-14-32(35-28)24-21(22)8-19(11-30-24)17-4-2-16(3-5-17)12-31-13-20(33)9-25(26,27)15-31/h2-8,10-11,14,20,33H,9,12-13,15H2,1H3. The van der Waals surface area contributed by atoms with E-state index in [0.29, 0.717) is 12.4 Å². The highest BCUT2D eigenvalue weighted by Gasteiger charge is 2.39. The maximum atomic E-state index is 13.8. The van der Waals surface area contributed by atoms with E-state index < -0.39 is 18.4 Å². The lowest BCUT2D eigenvalue weighted by Crippen LogP contribution is -2.48. The van der Waals surface area contributed by atoms with E-state index in [9.17, 15) is 13.9 Å². The van der Waals surface area contributed by atoms with Crippen molar-refractivity contribution in [2.45, 2.75) is 25.0 Å². The van der Waals surface area contributed by atoms with Gasteiger partial charge in [0.25, 0.3) is 5.92 Å². The molecule has 4 heterocycles. The zero-order valence-corrected chi connectivity index (χ0v) is 21.8. The number of likely N-dealkylation sites (tertiary alicyclic amines) is 1. The van der Waals surface area contributed by atoms with Crippen molar-refractivity contribution in [3.05, 3.63) is 66.6 Å². The van der Waals surface area contributed by atoms with Crippen LogP contribution < -0.4 is 4.74 Å². The molecule has 1 saturated heterocycles. The van der Waals surface area contributed by atoms with E-state index in [-0.39, 0.29) is 13.1 Å². The summed E-state index contributed by atoms with van der Waals surface area (Å²) < 4.78 is 34.8. The summed E-state index contributed by atoms with van der Waals surface area (Å²) in [5, 5.41) is 10.8. The Kier molecular flexibility index (Phi) is 6.97. The fourth-order valence-electron chi connectivity index (χ4n) is 4.53. The molecule has 1 unspecified atom stereocenters. The van der Waals surface area contributed by atoms with E-state index in [0.717, 1.165) is 38.9 Å². The number of ether oxygens (including phenoxy) is 1. The maximum absolute atomic E-state index is 13.8. The molecule has 0 radical (unpaired) electrons. The average Bonchev–Trinajstić information content (AvgIpc) is 3.21. The number of alkyl halides is 2. The number of aromatic nitrogens is 3. The number of nitrogens with zero attached hydrogens (tertiary/aromatic N) is 4. The highest BCUT2D eigenvalue weighted by atomic mass is 127. The molecule has 3 aromatic heterocycles. The third-order valence-corrected chi connectivity index (χ3v) is 7.79. The van der Waals surface area contributed by atoms with Crippen molar-refractivity contribution in [3.8, 4) is 28.1 Å².